The van der Waals surface area contributed by atoms with Crippen LogP contribution in [0.15, 0.2) is 65.0 Å². The van der Waals surface area contributed by atoms with Crippen molar-refractivity contribution in [1.82, 2.24) is 24.4 Å². The van der Waals surface area contributed by atoms with Crippen molar-refractivity contribution in [2.75, 3.05) is 38.0 Å². The Kier molecular flexibility index (Phi) is 6.72. The van der Waals surface area contributed by atoms with E-state index in [9.17, 15) is 18.0 Å². The lowest BCUT2D eigenvalue weighted by Crippen LogP contribution is -2.50. The van der Waals surface area contributed by atoms with Gasteiger partial charge in [0.1, 0.15) is 5.75 Å². The van der Waals surface area contributed by atoms with Gasteiger partial charge in [-0.2, -0.15) is 8.42 Å². The van der Waals surface area contributed by atoms with Gasteiger partial charge in [-0.25, -0.2) is 4.98 Å². The Labute approximate surface area is 216 Å². The number of nitrogens with zero attached hydrogens (tertiary/aromatic N) is 5. The summed E-state index contributed by atoms with van der Waals surface area (Å²) < 4.78 is 37.6. The SMILES string of the molecule is COc1cc(C(=O)N2CCN(C(=O)c3csnn3)CC2)ccc1NS(=O)(=O)c1ccc2ccccc2n1. The van der Waals surface area contributed by atoms with Crippen molar-refractivity contribution in [3.63, 3.8) is 0 Å². The summed E-state index contributed by atoms with van der Waals surface area (Å²) in [5, 5.41) is 6.10. The second-order valence-corrected chi connectivity index (χ2v) is 10.5. The number of hydrogen-bond donors (Lipinski definition) is 1. The standard InChI is InChI=1S/C24H22N6O5S2/c1-35-21-14-17(23(31)29-10-12-30(13-11-29)24(32)20-15-36-28-26-20)6-8-19(21)27-37(33,34)22-9-7-16-4-2-3-5-18(16)25-22/h2-9,14-15,27H,10-13H2,1H3. The molecule has 0 radical (unpaired) electrons. The van der Waals surface area contributed by atoms with Crippen molar-refractivity contribution < 1.29 is 22.7 Å². The van der Waals surface area contributed by atoms with Gasteiger partial charge in [-0.1, -0.05) is 22.7 Å². The molecule has 0 spiro atoms. The largest absolute Gasteiger partial charge is 0.495 e. The van der Waals surface area contributed by atoms with E-state index < -0.39 is 10.0 Å². The number of anilines is 1. The van der Waals surface area contributed by atoms with Crippen molar-refractivity contribution in [1.29, 1.82) is 0 Å². The van der Waals surface area contributed by atoms with Crippen molar-refractivity contribution in [3.8, 4) is 5.75 Å². The zero-order chi connectivity index (χ0) is 26.0. The molecule has 0 saturated carbocycles. The van der Waals surface area contributed by atoms with Crippen molar-refractivity contribution >= 4 is 50.0 Å². The first-order valence-corrected chi connectivity index (χ1v) is 13.6. The highest BCUT2D eigenvalue weighted by atomic mass is 32.2. The van der Waals surface area contributed by atoms with Gasteiger partial charge in [0, 0.05) is 42.5 Å². The molecule has 37 heavy (non-hydrogen) atoms. The molecule has 4 aromatic rings. The lowest BCUT2D eigenvalue weighted by Gasteiger charge is -2.34. The number of pyridine rings is 1. The van der Waals surface area contributed by atoms with Crippen LogP contribution in [0, 0.1) is 0 Å². The highest BCUT2D eigenvalue weighted by molar-refractivity contribution is 7.92. The van der Waals surface area contributed by atoms with Crippen LogP contribution < -0.4 is 9.46 Å². The van der Waals surface area contributed by atoms with E-state index in [0.717, 1.165) is 16.9 Å². The molecular formula is C24H22N6O5S2. The molecule has 1 aliphatic rings. The zero-order valence-corrected chi connectivity index (χ0v) is 21.3. The van der Waals surface area contributed by atoms with Crippen LogP contribution in [0.25, 0.3) is 10.9 Å². The summed E-state index contributed by atoms with van der Waals surface area (Å²) in [5.41, 5.74) is 1.38. The molecule has 13 heteroatoms. The molecule has 0 aliphatic carbocycles. The topological polar surface area (TPSA) is 135 Å². The summed E-state index contributed by atoms with van der Waals surface area (Å²) in [6, 6.07) is 14.9. The minimum atomic E-state index is -4.01. The van der Waals surface area contributed by atoms with Gasteiger partial charge in [-0.15, -0.1) is 5.10 Å². The number of ether oxygens (including phenoxy) is 1. The van der Waals surface area contributed by atoms with E-state index in [0.29, 0.717) is 43.0 Å². The molecule has 11 nitrogen and oxygen atoms in total. The van der Waals surface area contributed by atoms with Gasteiger partial charge in [0.2, 0.25) is 0 Å². The van der Waals surface area contributed by atoms with E-state index in [1.807, 2.05) is 12.1 Å². The number of amides is 2. The maximum Gasteiger partial charge on any atom is 0.279 e. The number of hydrogen-bond acceptors (Lipinski definition) is 9. The number of aromatic nitrogens is 3. The molecule has 3 heterocycles. The molecular weight excluding hydrogens is 516 g/mol. The molecule has 0 bridgehead atoms. The first-order valence-electron chi connectivity index (χ1n) is 11.3. The van der Waals surface area contributed by atoms with Gasteiger partial charge < -0.3 is 14.5 Å². The number of sulfonamides is 1. The fourth-order valence-corrected chi connectivity index (χ4v) is 5.48. The van der Waals surface area contributed by atoms with E-state index >= 15 is 0 Å². The van der Waals surface area contributed by atoms with Gasteiger partial charge in [0.25, 0.3) is 21.8 Å². The van der Waals surface area contributed by atoms with Gasteiger partial charge in [-0.05, 0) is 47.9 Å². The normalized spacial score (nSPS) is 14.0. The Morgan fingerprint density at radius 3 is 2.41 bits per heavy atom. The summed E-state index contributed by atoms with van der Waals surface area (Å²) in [6.07, 6.45) is 0. The third kappa shape index (κ3) is 5.08. The Hall–Kier alpha value is -4.10. The molecule has 2 amide bonds. The van der Waals surface area contributed by atoms with Crippen molar-refractivity contribution in [3.05, 3.63) is 71.2 Å². The molecule has 1 N–H and O–H groups in total. The van der Waals surface area contributed by atoms with Crippen LogP contribution >= 0.6 is 11.5 Å². The molecule has 0 atom stereocenters. The van der Waals surface area contributed by atoms with Crippen LogP contribution in [0.1, 0.15) is 20.8 Å². The fraction of sp³-hybridized carbons (Fsp3) is 0.208. The van der Waals surface area contributed by atoms with Crippen LogP contribution in [0.5, 0.6) is 5.75 Å². The van der Waals surface area contributed by atoms with Gasteiger partial charge in [-0.3, -0.25) is 14.3 Å². The van der Waals surface area contributed by atoms with Gasteiger partial charge in [0.05, 0.1) is 18.3 Å². The Bertz CT molecular complexity index is 1570. The monoisotopic (exact) mass is 538 g/mol. The minimum Gasteiger partial charge on any atom is -0.495 e. The summed E-state index contributed by atoms with van der Waals surface area (Å²) in [4.78, 5) is 33.1. The second-order valence-electron chi connectivity index (χ2n) is 8.24. The van der Waals surface area contributed by atoms with Crippen LogP contribution in [0.3, 0.4) is 0 Å². The summed E-state index contributed by atoms with van der Waals surface area (Å²) in [7, 11) is -2.61. The maximum atomic E-state index is 13.1. The van der Waals surface area contributed by atoms with Crippen molar-refractivity contribution in [2.45, 2.75) is 5.03 Å². The Balaban J connectivity index is 1.29. The van der Waals surface area contributed by atoms with Gasteiger partial charge in [0.15, 0.2) is 10.7 Å². The average molecular weight is 539 g/mol. The van der Waals surface area contributed by atoms with E-state index in [1.54, 1.807) is 33.4 Å². The average Bonchev–Trinajstić information content (AvgIpc) is 3.47. The first-order chi connectivity index (χ1) is 17.9. The number of rotatable bonds is 6. The first kappa shape index (κ1) is 24.6. The molecule has 1 saturated heterocycles. The number of methoxy groups -OCH3 is 1. The Morgan fingerprint density at radius 2 is 1.70 bits per heavy atom. The lowest BCUT2D eigenvalue weighted by molar-refractivity contribution is 0.0532. The summed E-state index contributed by atoms with van der Waals surface area (Å²) in [6.45, 7) is 1.45. The number of fused-ring (bicyclic) bond motifs is 1. The second kappa shape index (κ2) is 10.1. The predicted molar refractivity (Wildman–Crippen MR) is 137 cm³/mol. The lowest BCUT2D eigenvalue weighted by atomic mass is 10.1. The number of carbonyl (C=O) groups excluding carboxylic acids is 2. The minimum absolute atomic E-state index is 0.130. The number of piperazine rings is 1. The number of para-hydroxylation sites is 1. The molecule has 2 aromatic carbocycles. The maximum absolute atomic E-state index is 13.1. The zero-order valence-electron chi connectivity index (χ0n) is 19.7. The quantitative estimate of drug-likeness (QED) is 0.396. The van der Waals surface area contributed by atoms with Crippen LogP contribution in [-0.2, 0) is 10.0 Å². The smallest absolute Gasteiger partial charge is 0.279 e. The number of benzene rings is 2. The van der Waals surface area contributed by atoms with Crippen LogP contribution in [0.4, 0.5) is 5.69 Å². The van der Waals surface area contributed by atoms with E-state index in [2.05, 4.69) is 19.3 Å². The van der Waals surface area contributed by atoms with Crippen molar-refractivity contribution in [2.24, 2.45) is 0 Å². The van der Waals surface area contributed by atoms with Crippen LogP contribution in [0.2, 0.25) is 0 Å². The van der Waals surface area contributed by atoms with Gasteiger partial charge >= 0.3 is 0 Å². The summed E-state index contributed by atoms with van der Waals surface area (Å²) >= 11 is 1.11. The predicted octanol–water partition coefficient (Wildman–Crippen LogP) is 2.49. The highest BCUT2D eigenvalue weighted by Crippen LogP contribution is 2.29. The molecule has 2 aromatic heterocycles. The molecule has 190 valence electrons. The molecule has 0 unspecified atom stereocenters. The number of nitrogens with one attached hydrogen (secondary N) is 1. The fourth-order valence-electron chi connectivity index (χ4n) is 4.02. The third-order valence-corrected chi connectivity index (χ3v) is 7.75. The highest BCUT2D eigenvalue weighted by Gasteiger charge is 2.27. The van der Waals surface area contributed by atoms with E-state index in [-0.39, 0.29) is 28.3 Å². The molecule has 5 rings (SSSR count). The van der Waals surface area contributed by atoms with Crippen LogP contribution in [-0.4, -0.2) is 77.9 Å². The Morgan fingerprint density at radius 1 is 0.973 bits per heavy atom. The van der Waals surface area contributed by atoms with E-state index in [1.165, 1.54) is 31.4 Å². The summed E-state index contributed by atoms with van der Waals surface area (Å²) in [5.74, 6) is -0.258. The molecule has 1 aliphatic heterocycles. The third-order valence-electron chi connectivity index (χ3n) is 5.97. The number of carbonyl (C=O) groups is 2. The van der Waals surface area contributed by atoms with E-state index in [4.69, 9.17) is 4.74 Å². The molecule has 1 fully saturated rings.